The Kier molecular flexibility index (Phi) is 5.15. The highest BCUT2D eigenvalue weighted by atomic mass is 35.5. The minimum Gasteiger partial charge on any atom is -0.338 e. The Bertz CT molecular complexity index is 643. The van der Waals surface area contributed by atoms with E-state index in [0.29, 0.717) is 30.3 Å². The molecule has 5 nitrogen and oxygen atoms in total. The Morgan fingerprint density at radius 1 is 1.41 bits per heavy atom. The van der Waals surface area contributed by atoms with E-state index in [1.807, 2.05) is 0 Å². The molecule has 1 aromatic heterocycles. The molecule has 1 amide bonds. The quantitative estimate of drug-likeness (QED) is 0.907. The first-order valence-electron chi connectivity index (χ1n) is 6.97. The molecule has 118 valence electrons. The second-order valence-electron chi connectivity index (χ2n) is 5.31. The Balaban J connectivity index is 0.00000176. The summed E-state index contributed by atoms with van der Waals surface area (Å²) in [5.41, 5.74) is 7.54. The number of hydrogen-bond donors (Lipinski definition) is 2. The van der Waals surface area contributed by atoms with Crippen LogP contribution in [0, 0.1) is 11.7 Å². The van der Waals surface area contributed by atoms with Crippen LogP contribution in [0.25, 0.3) is 11.3 Å². The van der Waals surface area contributed by atoms with E-state index in [2.05, 4.69) is 10.2 Å². The highest BCUT2D eigenvalue weighted by Gasteiger charge is 2.28. The van der Waals surface area contributed by atoms with E-state index in [9.17, 15) is 9.18 Å². The normalized spacial score (nSPS) is 17.4. The zero-order chi connectivity index (χ0) is 14.8. The molecule has 0 radical (unpaired) electrons. The van der Waals surface area contributed by atoms with Crippen LogP contribution in [0.3, 0.4) is 0 Å². The van der Waals surface area contributed by atoms with Crippen LogP contribution >= 0.6 is 12.4 Å². The summed E-state index contributed by atoms with van der Waals surface area (Å²) in [5, 5.41) is 6.79. The average Bonchev–Trinajstić information content (AvgIpc) is 3.16. The van der Waals surface area contributed by atoms with Gasteiger partial charge >= 0.3 is 0 Å². The lowest BCUT2D eigenvalue weighted by Gasteiger charge is -2.16. The Labute approximate surface area is 134 Å². The van der Waals surface area contributed by atoms with Crippen molar-refractivity contribution in [2.24, 2.45) is 11.7 Å². The summed E-state index contributed by atoms with van der Waals surface area (Å²) in [6, 6.07) is 5.99. The van der Waals surface area contributed by atoms with E-state index in [0.717, 1.165) is 18.5 Å². The van der Waals surface area contributed by atoms with Gasteiger partial charge in [-0.3, -0.25) is 9.89 Å². The number of nitrogens with one attached hydrogen (secondary N) is 1. The number of aromatic nitrogens is 2. The van der Waals surface area contributed by atoms with Crippen molar-refractivity contribution in [3.8, 4) is 11.3 Å². The first kappa shape index (κ1) is 16.5. The van der Waals surface area contributed by atoms with Gasteiger partial charge in [0.05, 0.1) is 17.5 Å². The molecule has 1 fully saturated rings. The van der Waals surface area contributed by atoms with Crippen LogP contribution in [0.15, 0.2) is 30.5 Å². The molecule has 1 aliphatic heterocycles. The SMILES string of the molecule is Cl.NCC1CCN(C(=O)c2cn[nH]c2-c2ccc(F)cc2)C1. The molecule has 7 heteroatoms. The van der Waals surface area contributed by atoms with Gasteiger partial charge < -0.3 is 10.6 Å². The number of nitrogens with two attached hydrogens (primary N) is 1. The summed E-state index contributed by atoms with van der Waals surface area (Å²) in [6.07, 6.45) is 2.46. The summed E-state index contributed by atoms with van der Waals surface area (Å²) < 4.78 is 13.0. The van der Waals surface area contributed by atoms with Gasteiger partial charge in [0.2, 0.25) is 0 Å². The fourth-order valence-corrected chi connectivity index (χ4v) is 2.66. The molecule has 22 heavy (non-hydrogen) atoms. The van der Waals surface area contributed by atoms with Gasteiger partial charge in [0.1, 0.15) is 5.82 Å². The van der Waals surface area contributed by atoms with Crippen molar-refractivity contribution in [2.75, 3.05) is 19.6 Å². The summed E-state index contributed by atoms with van der Waals surface area (Å²) in [7, 11) is 0. The van der Waals surface area contributed by atoms with Crippen LogP contribution in [0.4, 0.5) is 4.39 Å². The number of rotatable bonds is 3. The monoisotopic (exact) mass is 324 g/mol. The van der Waals surface area contributed by atoms with Crippen molar-refractivity contribution in [1.29, 1.82) is 0 Å². The van der Waals surface area contributed by atoms with E-state index >= 15 is 0 Å². The fourth-order valence-electron chi connectivity index (χ4n) is 2.66. The van der Waals surface area contributed by atoms with Crippen molar-refractivity contribution in [2.45, 2.75) is 6.42 Å². The number of carbonyl (C=O) groups excluding carboxylic acids is 1. The van der Waals surface area contributed by atoms with E-state index in [4.69, 9.17) is 5.73 Å². The van der Waals surface area contributed by atoms with Gasteiger partial charge in [0.15, 0.2) is 0 Å². The summed E-state index contributed by atoms with van der Waals surface area (Å²) >= 11 is 0. The Morgan fingerprint density at radius 3 is 2.77 bits per heavy atom. The van der Waals surface area contributed by atoms with Crippen LogP contribution in [0.1, 0.15) is 16.8 Å². The van der Waals surface area contributed by atoms with Crippen molar-refractivity contribution in [3.05, 3.63) is 41.8 Å². The lowest BCUT2D eigenvalue weighted by atomic mass is 10.1. The maximum absolute atomic E-state index is 13.0. The van der Waals surface area contributed by atoms with Crippen LogP contribution in [0.2, 0.25) is 0 Å². The van der Waals surface area contributed by atoms with E-state index in [1.54, 1.807) is 17.0 Å². The number of aromatic amines is 1. The van der Waals surface area contributed by atoms with E-state index in [1.165, 1.54) is 18.3 Å². The number of hydrogen-bond acceptors (Lipinski definition) is 3. The number of amides is 1. The van der Waals surface area contributed by atoms with Gasteiger partial charge in [0, 0.05) is 18.7 Å². The number of nitrogens with zero attached hydrogens (tertiary/aromatic N) is 2. The predicted octanol–water partition coefficient (Wildman–Crippen LogP) is 2.06. The summed E-state index contributed by atoms with van der Waals surface area (Å²) in [6.45, 7) is 2.00. The third kappa shape index (κ3) is 3.13. The number of likely N-dealkylation sites (tertiary alicyclic amines) is 1. The molecule has 1 aromatic carbocycles. The second kappa shape index (κ2) is 6.89. The number of carbonyl (C=O) groups is 1. The van der Waals surface area contributed by atoms with Crippen molar-refractivity contribution in [1.82, 2.24) is 15.1 Å². The third-order valence-corrected chi connectivity index (χ3v) is 3.91. The van der Waals surface area contributed by atoms with Gasteiger partial charge in [0.25, 0.3) is 5.91 Å². The Morgan fingerprint density at radius 2 is 2.14 bits per heavy atom. The van der Waals surface area contributed by atoms with Crippen molar-refractivity contribution >= 4 is 18.3 Å². The molecule has 2 heterocycles. The zero-order valence-electron chi connectivity index (χ0n) is 12.0. The highest BCUT2D eigenvalue weighted by molar-refractivity contribution is 5.99. The Hall–Kier alpha value is -1.92. The van der Waals surface area contributed by atoms with E-state index < -0.39 is 0 Å². The molecule has 0 spiro atoms. The molecule has 1 aliphatic rings. The summed E-state index contributed by atoms with van der Waals surface area (Å²) in [5.74, 6) is 0.00520. The maximum Gasteiger partial charge on any atom is 0.257 e. The molecule has 0 bridgehead atoms. The van der Waals surface area contributed by atoms with E-state index in [-0.39, 0.29) is 24.1 Å². The minimum atomic E-state index is -0.309. The number of benzene rings is 1. The van der Waals surface area contributed by atoms with Crippen molar-refractivity contribution < 1.29 is 9.18 Å². The first-order chi connectivity index (χ1) is 10.2. The molecule has 1 saturated heterocycles. The molecule has 0 saturated carbocycles. The lowest BCUT2D eigenvalue weighted by Crippen LogP contribution is -2.30. The van der Waals surface area contributed by atoms with Gasteiger partial charge in [-0.25, -0.2) is 4.39 Å². The van der Waals surface area contributed by atoms with Crippen LogP contribution in [-0.2, 0) is 0 Å². The smallest absolute Gasteiger partial charge is 0.257 e. The van der Waals surface area contributed by atoms with Gasteiger partial charge in [-0.05, 0) is 43.1 Å². The molecular weight excluding hydrogens is 307 g/mol. The topological polar surface area (TPSA) is 75.0 Å². The second-order valence-corrected chi connectivity index (χ2v) is 5.31. The molecule has 1 unspecified atom stereocenters. The standard InChI is InChI=1S/C15H17FN4O.ClH/c16-12-3-1-11(2-4-12)14-13(8-18-19-14)15(21)20-6-5-10(7-17)9-20;/h1-4,8,10H,5-7,9,17H2,(H,18,19);1H. The zero-order valence-corrected chi connectivity index (χ0v) is 12.8. The molecule has 2 aromatic rings. The molecule has 0 aliphatic carbocycles. The maximum atomic E-state index is 13.0. The molecular formula is C15H18ClFN4O. The largest absolute Gasteiger partial charge is 0.338 e. The van der Waals surface area contributed by atoms with Gasteiger partial charge in [-0.1, -0.05) is 0 Å². The lowest BCUT2D eigenvalue weighted by molar-refractivity contribution is 0.0788. The average molecular weight is 325 g/mol. The molecule has 1 atom stereocenters. The minimum absolute atomic E-state index is 0. The fraction of sp³-hybridized carbons (Fsp3) is 0.333. The number of H-pyrrole nitrogens is 1. The molecule has 3 rings (SSSR count). The first-order valence-corrected chi connectivity index (χ1v) is 6.97. The van der Waals surface area contributed by atoms with Gasteiger partial charge in [-0.15, -0.1) is 12.4 Å². The highest BCUT2D eigenvalue weighted by Crippen LogP contribution is 2.25. The third-order valence-electron chi connectivity index (χ3n) is 3.91. The van der Waals surface area contributed by atoms with Crippen LogP contribution in [0.5, 0.6) is 0 Å². The van der Waals surface area contributed by atoms with Crippen molar-refractivity contribution in [3.63, 3.8) is 0 Å². The predicted molar refractivity (Wildman–Crippen MR) is 84.3 cm³/mol. The van der Waals surface area contributed by atoms with Gasteiger partial charge in [-0.2, -0.15) is 5.10 Å². The van der Waals surface area contributed by atoms with Crippen LogP contribution in [-0.4, -0.2) is 40.6 Å². The van der Waals surface area contributed by atoms with Crippen LogP contribution < -0.4 is 5.73 Å². The number of halogens is 2. The molecule has 3 N–H and O–H groups in total. The summed E-state index contributed by atoms with van der Waals surface area (Å²) in [4.78, 5) is 14.4.